The fourth-order valence-corrected chi connectivity index (χ4v) is 2.29. The Bertz CT molecular complexity index is 445. The first kappa shape index (κ1) is 13.1. The van der Waals surface area contributed by atoms with Crippen molar-refractivity contribution in [3.63, 3.8) is 0 Å². The molecule has 0 atom stereocenters. The molecule has 1 aromatic rings. The first-order valence-corrected chi connectivity index (χ1v) is 6.47. The average Bonchev–Trinajstić information content (AvgIpc) is 2.41. The first-order valence-electron chi connectivity index (χ1n) is 6.09. The molecule has 0 aliphatic carbocycles. The van der Waals surface area contributed by atoms with E-state index in [1.807, 2.05) is 11.8 Å². The van der Waals surface area contributed by atoms with Crippen LogP contribution in [0.1, 0.15) is 13.3 Å². The second-order valence-electron chi connectivity index (χ2n) is 4.32. The molecule has 0 aromatic heterocycles. The van der Waals surface area contributed by atoms with Crippen molar-refractivity contribution in [3.05, 3.63) is 29.0 Å². The highest BCUT2D eigenvalue weighted by atomic mass is 35.5. The molecule has 0 unspecified atom stereocenters. The summed E-state index contributed by atoms with van der Waals surface area (Å²) in [7, 11) is 0. The molecule has 0 N–H and O–H groups in total. The van der Waals surface area contributed by atoms with Crippen LogP contribution in [0.3, 0.4) is 0 Å². The number of carbonyl (C=O) groups excluding carboxylic acids is 1. The van der Waals surface area contributed by atoms with Gasteiger partial charge in [-0.3, -0.25) is 4.79 Å². The molecule has 0 spiro atoms. The minimum atomic E-state index is -0.403. The summed E-state index contributed by atoms with van der Waals surface area (Å²) in [4.78, 5) is 15.5. The van der Waals surface area contributed by atoms with Gasteiger partial charge in [-0.25, -0.2) is 4.39 Å². The molecule has 2 rings (SSSR count). The third-order valence-corrected chi connectivity index (χ3v) is 3.49. The number of hydrogen-bond donors (Lipinski definition) is 0. The van der Waals surface area contributed by atoms with Crippen molar-refractivity contribution in [1.82, 2.24) is 4.90 Å². The number of halogens is 2. The van der Waals surface area contributed by atoms with Gasteiger partial charge >= 0.3 is 0 Å². The highest BCUT2D eigenvalue weighted by Crippen LogP contribution is 2.23. The highest BCUT2D eigenvalue weighted by molar-refractivity contribution is 6.31. The van der Waals surface area contributed by atoms with Crippen molar-refractivity contribution < 1.29 is 9.18 Å². The number of nitrogens with zero attached hydrogens (tertiary/aromatic N) is 2. The number of carbonyl (C=O) groups is 1. The Labute approximate surface area is 111 Å². The molecule has 0 radical (unpaired) electrons. The quantitative estimate of drug-likeness (QED) is 0.825. The summed E-state index contributed by atoms with van der Waals surface area (Å²) >= 11 is 5.77. The van der Waals surface area contributed by atoms with E-state index in [0.29, 0.717) is 19.5 Å². The van der Waals surface area contributed by atoms with Crippen LogP contribution >= 0.6 is 11.6 Å². The molecule has 18 heavy (non-hydrogen) atoms. The summed E-state index contributed by atoms with van der Waals surface area (Å²) in [5.74, 6) is -0.216. The molecular weight excluding hydrogens is 255 g/mol. The molecule has 1 aliphatic heterocycles. The Morgan fingerprint density at radius 2 is 2.00 bits per heavy atom. The van der Waals surface area contributed by atoms with Crippen molar-refractivity contribution in [1.29, 1.82) is 0 Å². The van der Waals surface area contributed by atoms with E-state index in [2.05, 4.69) is 4.90 Å². The Balaban J connectivity index is 2.01. The predicted molar refractivity (Wildman–Crippen MR) is 70.5 cm³/mol. The lowest BCUT2D eigenvalue weighted by molar-refractivity contribution is -0.131. The molecule has 0 bridgehead atoms. The maximum atomic E-state index is 13.1. The normalized spacial score (nSPS) is 15.9. The molecule has 0 saturated carbocycles. The van der Waals surface area contributed by atoms with Gasteiger partial charge in [-0.1, -0.05) is 18.5 Å². The molecule has 1 amide bonds. The molecule has 98 valence electrons. The molecular formula is C13H16ClFN2O. The van der Waals surface area contributed by atoms with Crippen LogP contribution in [0, 0.1) is 5.82 Å². The van der Waals surface area contributed by atoms with Gasteiger partial charge in [0.1, 0.15) is 5.82 Å². The fourth-order valence-electron chi connectivity index (χ4n) is 2.12. The second-order valence-corrected chi connectivity index (χ2v) is 4.73. The van der Waals surface area contributed by atoms with Crippen molar-refractivity contribution in [3.8, 4) is 0 Å². The number of benzene rings is 1. The fraction of sp³-hybridized carbons (Fsp3) is 0.462. The van der Waals surface area contributed by atoms with Crippen molar-refractivity contribution in [2.45, 2.75) is 13.3 Å². The number of hydrogen-bond acceptors (Lipinski definition) is 2. The van der Waals surface area contributed by atoms with Gasteiger partial charge in [0.2, 0.25) is 5.91 Å². The topological polar surface area (TPSA) is 23.6 Å². The maximum absolute atomic E-state index is 13.1. The van der Waals surface area contributed by atoms with Gasteiger partial charge < -0.3 is 9.80 Å². The maximum Gasteiger partial charge on any atom is 0.222 e. The van der Waals surface area contributed by atoms with Gasteiger partial charge in [0.05, 0.1) is 5.02 Å². The summed E-state index contributed by atoms with van der Waals surface area (Å²) in [5, 5.41) is 0.138. The number of rotatable bonds is 2. The van der Waals surface area contributed by atoms with Crippen molar-refractivity contribution in [2.75, 3.05) is 31.1 Å². The van der Waals surface area contributed by atoms with Crippen LogP contribution in [0.15, 0.2) is 18.2 Å². The smallest absolute Gasteiger partial charge is 0.222 e. The lowest BCUT2D eigenvalue weighted by Crippen LogP contribution is -2.48. The minimum Gasteiger partial charge on any atom is -0.368 e. The Morgan fingerprint density at radius 1 is 1.33 bits per heavy atom. The molecule has 1 fully saturated rings. The Morgan fingerprint density at radius 3 is 2.56 bits per heavy atom. The van der Waals surface area contributed by atoms with E-state index in [9.17, 15) is 9.18 Å². The monoisotopic (exact) mass is 270 g/mol. The molecule has 1 aliphatic rings. The van der Waals surface area contributed by atoms with Crippen LogP contribution in [0.2, 0.25) is 5.02 Å². The van der Waals surface area contributed by atoms with Gasteiger partial charge in [-0.15, -0.1) is 0 Å². The van der Waals surface area contributed by atoms with Crippen LogP contribution in [-0.4, -0.2) is 37.0 Å². The van der Waals surface area contributed by atoms with Crippen molar-refractivity contribution >= 4 is 23.2 Å². The summed E-state index contributed by atoms with van der Waals surface area (Å²) in [6.45, 7) is 4.80. The zero-order chi connectivity index (χ0) is 13.1. The lowest BCUT2D eigenvalue weighted by Gasteiger charge is -2.36. The summed E-state index contributed by atoms with van der Waals surface area (Å²) in [6.07, 6.45) is 0.544. The van der Waals surface area contributed by atoms with Crippen LogP contribution in [0.25, 0.3) is 0 Å². The van der Waals surface area contributed by atoms with E-state index in [1.54, 1.807) is 12.1 Å². The van der Waals surface area contributed by atoms with Crippen LogP contribution in [0.5, 0.6) is 0 Å². The predicted octanol–water partition coefficient (Wildman–Crippen LogP) is 2.54. The molecule has 1 aromatic carbocycles. The molecule has 1 saturated heterocycles. The van der Waals surface area contributed by atoms with Crippen LogP contribution < -0.4 is 4.90 Å². The van der Waals surface area contributed by atoms with Crippen LogP contribution in [0.4, 0.5) is 10.1 Å². The van der Waals surface area contributed by atoms with Crippen LogP contribution in [-0.2, 0) is 4.79 Å². The molecule has 5 heteroatoms. The summed E-state index contributed by atoms with van der Waals surface area (Å²) in [5.41, 5.74) is 0.907. The first-order chi connectivity index (χ1) is 8.61. The van der Waals surface area contributed by atoms with Crippen molar-refractivity contribution in [2.24, 2.45) is 0 Å². The van der Waals surface area contributed by atoms with E-state index < -0.39 is 5.82 Å². The molecule has 1 heterocycles. The summed E-state index contributed by atoms with van der Waals surface area (Å²) in [6, 6.07) is 4.73. The number of anilines is 1. The van der Waals surface area contributed by atoms with Gasteiger partial charge in [0, 0.05) is 38.3 Å². The Hall–Kier alpha value is -1.29. The largest absolute Gasteiger partial charge is 0.368 e. The number of amides is 1. The van der Waals surface area contributed by atoms with E-state index >= 15 is 0 Å². The third-order valence-electron chi connectivity index (χ3n) is 3.20. The van der Waals surface area contributed by atoms with E-state index in [1.165, 1.54) is 6.07 Å². The van der Waals surface area contributed by atoms with E-state index in [-0.39, 0.29) is 10.9 Å². The number of piperazine rings is 1. The van der Waals surface area contributed by atoms with E-state index in [4.69, 9.17) is 11.6 Å². The highest BCUT2D eigenvalue weighted by Gasteiger charge is 2.20. The summed E-state index contributed by atoms with van der Waals surface area (Å²) < 4.78 is 13.1. The molecule has 3 nitrogen and oxygen atoms in total. The van der Waals surface area contributed by atoms with Gasteiger partial charge in [-0.05, 0) is 18.2 Å². The third kappa shape index (κ3) is 2.75. The van der Waals surface area contributed by atoms with Gasteiger partial charge in [0.15, 0.2) is 0 Å². The second kappa shape index (κ2) is 5.57. The average molecular weight is 271 g/mol. The zero-order valence-corrected chi connectivity index (χ0v) is 11.1. The van der Waals surface area contributed by atoms with Gasteiger partial charge in [-0.2, -0.15) is 0 Å². The minimum absolute atomic E-state index is 0.138. The zero-order valence-electron chi connectivity index (χ0n) is 10.3. The Kier molecular flexibility index (Phi) is 4.07. The lowest BCUT2D eigenvalue weighted by atomic mass is 10.2. The SMILES string of the molecule is CCC(=O)N1CCN(c2ccc(F)c(Cl)c2)CC1. The van der Waals surface area contributed by atoms with Gasteiger partial charge in [0.25, 0.3) is 0 Å². The van der Waals surface area contributed by atoms with E-state index in [0.717, 1.165) is 18.8 Å². The standard InChI is InChI=1S/C13H16ClFN2O/c1-2-13(18)17-7-5-16(6-8-17)10-3-4-12(15)11(14)9-10/h3-4,9H,2,5-8H2,1H3.